The summed E-state index contributed by atoms with van der Waals surface area (Å²) in [5.74, 6) is 3.34. The summed E-state index contributed by atoms with van der Waals surface area (Å²) in [6, 6.07) is 3.16. The van der Waals surface area contributed by atoms with Crippen molar-refractivity contribution in [1.29, 1.82) is 0 Å². The third kappa shape index (κ3) is 2.95. The largest absolute Gasteiger partial charge is 0.493 e. The number of aromatic nitrogens is 4. The third-order valence-corrected chi connectivity index (χ3v) is 5.97. The van der Waals surface area contributed by atoms with Crippen LogP contribution in [0.15, 0.2) is 24.7 Å². The Morgan fingerprint density at radius 3 is 3.04 bits per heavy atom. The molecule has 27 heavy (non-hydrogen) atoms. The Morgan fingerprint density at radius 1 is 1.26 bits per heavy atom. The number of benzene rings is 1. The molecule has 0 spiro atoms. The van der Waals surface area contributed by atoms with E-state index in [-0.39, 0.29) is 5.82 Å². The molecule has 2 aliphatic heterocycles. The Bertz CT molecular complexity index is 987. The highest BCUT2D eigenvalue weighted by atomic mass is 32.2. The number of ether oxygens (including phenoxy) is 1. The molecule has 0 atom stereocenters. The van der Waals surface area contributed by atoms with Crippen LogP contribution in [-0.2, 0) is 13.0 Å². The van der Waals surface area contributed by atoms with Crippen molar-refractivity contribution in [3.8, 4) is 5.75 Å². The van der Waals surface area contributed by atoms with E-state index in [9.17, 15) is 4.39 Å². The standard InChI is InChI=1S/C18H19FN6OS/c19-14-1-2-16-12(3-6-26-16)13(14)9-20-18-21-10-15(17-23-22-11-25(17)18)24-4-7-27-8-5-24/h1-2,10-11H,3-9H2,(H,20,21). The smallest absolute Gasteiger partial charge is 0.210 e. The van der Waals surface area contributed by atoms with Gasteiger partial charge in [0, 0.05) is 48.7 Å². The SMILES string of the molecule is Fc1ccc2c(c1CNc1ncc(N3CCSCC3)c3nncn13)CCO2. The second kappa shape index (κ2) is 6.88. The lowest BCUT2D eigenvalue weighted by Crippen LogP contribution is -2.33. The van der Waals surface area contributed by atoms with E-state index < -0.39 is 0 Å². The Kier molecular flexibility index (Phi) is 4.23. The first-order chi connectivity index (χ1) is 13.3. The fourth-order valence-electron chi connectivity index (χ4n) is 3.64. The Balaban J connectivity index is 1.44. The molecule has 2 aromatic heterocycles. The lowest BCUT2D eigenvalue weighted by atomic mass is 10.0. The monoisotopic (exact) mass is 386 g/mol. The number of nitrogens with zero attached hydrogens (tertiary/aromatic N) is 5. The van der Waals surface area contributed by atoms with Gasteiger partial charge in [-0.3, -0.25) is 0 Å². The molecule has 3 aromatic rings. The van der Waals surface area contributed by atoms with Crippen molar-refractivity contribution in [2.45, 2.75) is 13.0 Å². The Morgan fingerprint density at radius 2 is 2.15 bits per heavy atom. The number of anilines is 2. The minimum Gasteiger partial charge on any atom is -0.493 e. The quantitative estimate of drug-likeness (QED) is 0.738. The first-order valence-corrected chi connectivity index (χ1v) is 10.1. The lowest BCUT2D eigenvalue weighted by Gasteiger charge is -2.28. The third-order valence-electron chi connectivity index (χ3n) is 5.03. The second-order valence-electron chi connectivity index (χ2n) is 6.55. The molecule has 0 aliphatic carbocycles. The van der Waals surface area contributed by atoms with Crippen LogP contribution in [0.5, 0.6) is 5.75 Å². The number of fused-ring (bicyclic) bond motifs is 2. The zero-order valence-electron chi connectivity index (χ0n) is 14.7. The number of hydrogen-bond donors (Lipinski definition) is 1. The molecule has 0 amide bonds. The van der Waals surface area contributed by atoms with Crippen molar-refractivity contribution in [3.63, 3.8) is 0 Å². The highest BCUT2D eigenvalue weighted by molar-refractivity contribution is 7.99. The van der Waals surface area contributed by atoms with Gasteiger partial charge in [-0.25, -0.2) is 13.8 Å². The van der Waals surface area contributed by atoms with Crippen molar-refractivity contribution in [1.82, 2.24) is 19.6 Å². The molecule has 1 aromatic carbocycles. The zero-order chi connectivity index (χ0) is 18.2. The highest BCUT2D eigenvalue weighted by Gasteiger charge is 2.21. The first-order valence-electron chi connectivity index (χ1n) is 8.99. The van der Waals surface area contributed by atoms with Crippen LogP contribution in [0, 0.1) is 5.82 Å². The summed E-state index contributed by atoms with van der Waals surface area (Å²) in [6.07, 6.45) is 4.20. The number of nitrogens with one attached hydrogen (secondary N) is 1. The molecule has 0 unspecified atom stereocenters. The van der Waals surface area contributed by atoms with Crippen LogP contribution in [0.25, 0.3) is 5.65 Å². The predicted octanol–water partition coefficient (Wildman–Crippen LogP) is 2.36. The average molecular weight is 386 g/mol. The molecule has 2 aliphatic rings. The summed E-state index contributed by atoms with van der Waals surface area (Å²) < 4.78 is 21.7. The van der Waals surface area contributed by atoms with Crippen LogP contribution in [0.1, 0.15) is 11.1 Å². The van der Waals surface area contributed by atoms with Gasteiger partial charge >= 0.3 is 0 Å². The van der Waals surface area contributed by atoms with Gasteiger partial charge in [0.15, 0.2) is 5.65 Å². The molecule has 1 fully saturated rings. The molecular weight excluding hydrogens is 367 g/mol. The zero-order valence-corrected chi connectivity index (χ0v) is 15.5. The summed E-state index contributed by atoms with van der Waals surface area (Å²) >= 11 is 1.96. The summed E-state index contributed by atoms with van der Waals surface area (Å²) in [6.45, 7) is 2.88. The molecular formula is C18H19FN6OS. The van der Waals surface area contributed by atoms with Crippen LogP contribution in [0.2, 0.25) is 0 Å². The molecule has 5 rings (SSSR count). The van der Waals surface area contributed by atoms with Gasteiger partial charge in [-0.15, -0.1) is 10.2 Å². The molecule has 7 nitrogen and oxygen atoms in total. The molecule has 0 saturated carbocycles. The van der Waals surface area contributed by atoms with Gasteiger partial charge in [-0.1, -0.05) is 0 Å². The molecule has 0 radical (unpaired) electrons. The fraction of sp³-hybridized carbons (Fsp3) is 0.389. The molecule has 1 saturated heterocycles. The fourth-order valence-corrected chi connectivity index (χ4v) is 4.54. The molecule has 4 heterocycles. The maximum absolute atomic E-state index is 14.4. The van der Waals surface area contributed by atoms with Crippen molar-refractivity contribution < 1.29 is 9.13 Å². The van der Waals surface area contributed by atoms with Gasteiger partial charge in [0.1, 0.15) is 23.6 Å². The number of rotatable bonds is 4. The van der Waals surface area contributed by atoms with Gasteiger partial charge in [-0.2, -0.15) is 11.8 Å². The summed E-state index contributed by atoms with van der Waals surface area (Å²) in [5.41, 5.74) is 3.31. The van der Waals surface area contributed by atoms with Crippen molar-refractivity contribution >= 4 is 29.0 Å². The van der Waals surface area contributed by atoms with Crippen molar-refractivity contribution in [3.05, 3.63) is 41.6 Å². The van der Waals surface area contributed by atoms with E-state index in [4.69, 9.17) is 4.74 Å². The van der Waals surface area contributed by atoms with Gasteiger partial charge < -0.3 is 15.0 Å². The van der Waals surface area contributed by atoms with E-state index in [0.717, 1.165) is 53.7 Å². The minimum atomic E-state index is -0.228. The number of hydrogen-bond acceptors (Lipinski definition) is 7. The van der Waals surface area contributed by atoms with Crippen molar-refractivity contribution in [2.75, 3.05) is 41.4 Å². The maximum atomic E-state index is 14.4. The predicted molar refractivity (Wildman–Crippen MR) is 103 cm³/mol. The minimum absolute atomic E-state index is 0.228. The van der Waals surface area contributed by atoms with E-state index in [0.29, 0.717) is 24.7 Å². The van der Waals surface area contributed by atoms with Gasteiger partial charge in [-0.05, 0) is 12.1 Å². The van der Waals surface area contributed by atoms with E-state index in [1.165, 1.54) is 6.07 Å². The summed E-state index contributed by atoms with van der Waals surface area (Å²) in [5, 5.41) is 11.6. The van der Waals surface area contributed by atoms with E-state index >= 15 is 0 Å². The summed E-state index contributed by atoms with van der Waals surface area (Å²) in [7, 11) is 0. The molecule has 140 valence electrons. The number of halogens is 1. The Labute approximate surface area is 159 Å². The molecule has 9 heteroatoms. The van der Waals surface area contributed by atoms with Gasteiger partial charge in [0.05, 0.1) is 12.8 Å². The van der Waals surface area contributed by atoms with E-state index in [2.05, 4.69) is 25.4 Å². The Hall–Kier alpha value is -2.55. The van der Waals surface area contributed by atoms with Crippen molar-refractivity contribution in [2.24, 2.45) is 0 Å². The average Bonchev–Trinajstić information content (AvgIpc) is 3.37. The van der Waals surface area contributed by atoms with Crippen LogP contribution in [-0.4, -0.2) is 50.8 Å². The highest BCUT2D eigenvalue weighted by Crippen LogP contribution is 2.31. The maximum Gasteiger partial charge on any atom is 0.210 e. The van der Waals surface area contributed by atoms with Crippen LogP contribution in [0.4, 0.5) is 16.0 Å². The van der Waals surface area contributed by atoms with E-state index in [1.807, 2.05) is 22.4 Å². The normalized spacial score (nSPS) is 16.4. The molecule has 0 bridgehead atoms. The van der Waals surface area contributed by atoms with E-state index in [1.54, 1.807) is 12.4 Å². The summed E-state index contributed by atoms with van der Waals surface area (Å²) in [4.78, 5) is 6.85. The van der Waals surface area contributed by atoms with Gasteiger partial charge in [0.25, 0.3) is 0 Å². The van der Waals surface area contributed by atoms with Gasteiger partial charge in [0.2, 0.25) is 5.95 Å². The number of thioether (sulfide) groups is 1. The molecule has 1 N–H and O–H groups in total. The van der Waals surface area contributed by atoms with Crippen LogP contribution >= 0.6 is 11.8 Å². The second-order valence-corrected chi connectivity index (χ2v) is 7.77. The lowest BCUT2D eigenvalue weighted by molar-refractivity contribution is 0.356. The first kappa shape index (κ1) is 16.6. The van der Waals surface area contributed by atoms with Crippen LogP contribution < -0.4 is 15.0 Å². The van der Waals surface area contributed by atoms with Crippen LogP contribution in [0.3, 0.4) is 0 Å². The topological polar surface area (TPSA) is 67.6 Å².